The maximum absolute atomic E-state index is 6.83. The van der Waals surface area contributed by atoms with Crippen molar-refractivity contribution in [2.24, 2.45) is 5.92 Å². The molecule has 0 amide bonds. The number of hydrogen-bond donors (Lipinski definition) is 0. The predicted octanol–water partition coefficient (Wildman–Crippen LogP) is 9.70. The van der Waals surface area contributed by atoms with Gasteiger partial charge in [-0.15, -0.1) is 11.8 Å². The molecule has 220 valence electrons. The normalized spacial score (nSPS) is 22.1. The van der Waals surface area contributed by atoms with Gasteiger partial charge in [-0.05, 0) is 71.7 Å². The van der Waals surface area contributed by atoms with Crippen LogP contribution in [0.1, 0.15) is 60.3 Å². The molecule has 0 saturated carbocycles. The molecule has 4 aromatic carbocycles. The molecular formula is C37H41ClO3S. The zero-order chi connectivity index (χ0) is 29.3. The molecule has 1 aliphatic heterocycles. The predicted molar refractivity (Wildman–Crippen MR) is 175 cm³/mol. The molecule has 0 aliphatic carbocycles. The van der Waals surface area contributed by atoms with E-state index in [4.69, 9.17) is 25.8 Å². The number of rotatable bonds is 12. The third-order valence-electron chi connectivity index (χ3n) is 8.05. The maximum atomic E-state index is 6.83. The SMILES string of the molecule is CCOc1ccc(Cc2cc([C@@H]3S[C@H](CC)[C@@H](C)[C@H](OCc4ccccc4)[C@H]3OCc3ccccc3)ccc2Cl)cc1. The quantitative estimate of drug-likeness (QED) is 0.162. The fourth-order valence-corrected chi connectivity index (χ4v) is 7.62. The van der Waals surface area contributed by atoms with Crippen LogP contribution < -0.4 is 4.74 Å². The van der Waals surface area contributed by atoms with E-state index in [1.165, 1.54) is 22.3 Å². The molecule has 0 bridgehead atoms. The first-order valence-corrected chi connectivity index (χ1v) is 16.3. The van der Waals surface area contributed by atoms with Gasteiger partial charge in [-0.1, -0.05) is 110 Å². The Hall–Kier alpha value is -2.76. The van der Waals surface area contributed by atoms with Gasteiger partial charge in [-0.2, -0.15) is 0 Å². The van der Waals surface area contributed by atoms with E-state index in [0.717, 1.165) is 29.2 Å². The average Bonchev–Trinajstić information content (AvgIpc) is 3.02. The lowest BCUT2D eigenvalue weighted by Gasteiger charge is -2.45. The Bertz CT molecular complexity index is 1380. The maximum Gasteiger partial charge on any atom is 0.119 e. The van der Waals surface area contributed by atoms with Crippen LogP contribution >= 0.6 is 23.4 Å². The number of thioether (sulfide) groups is 1. The Morgan fingerprint density at radius 2 is 1.33 bits per heavy atom. The van der Waals surface area contributed by atoms with Crippen molar-refractivity contribution in [2.75, 3.05) is 6.61 Å². The van der Waals surface area contributed by atoms with Crippen molar-refractivity contribution in [2.45, 2.75) is 69.5 Å². The molecule has 42 heavy (non-hydrogen) atoms. The second-order valence-electron chi connectivity index (χ2n) is 11.0. The summed E-state index contributed by atoms with van der Waals surface area (Å²) < 4.78 is 19.2. The van der Waals surface area contributed by atoms with Crippen molar-refractivity contribution in [3.05, 3.63) is 136 Å². The molecule has 1 saturated heterocycles. The zero-order valence-electron chi connectivity index (χ0n) is 24.7. The summed E-state index contributed by atoms with van der Waals surface area (Å²) in [4.78, 5) is 0. The van der Waals surface area contributed by atoms with Gasteiger partial charge in [-0.25, -0.2) is 0 Å². The minimum atomic E-state index is -0.115. The fourth-order valence-electron chi connectivity index (χ4n) is 5.77. The van der Waals surface area contributed by atoms with Crippen LogP contribution in [0, 0.1) is 5.92 Å². The lowest BCUT2D eigenvalue weighted by Crippen LogP contribution is -2.48. The zero-order valence-corrected chi connectivity index (χ0v) is 26.3. The highest BCUT2D eigenvalue weighted by Crippen LogP contribution is 2.49. The molecular weight excluding hydrogens is 560 g/mol. The Labute approximate surface area is 260 Å². The fraction of sp³-hybridized carbons (Fsp3) is 0.351. The van der Waals surface area contributed by atoms with E-state index >= 15 is 0 Å². The van der Waals surface area contributed by atoms with E-state index in [2.05, 4.69) is 92.7 Å². The van der Waals surface area contributed by atoms with Gasteiger partial charge in [0.2, 0.25) is 0 Å². The van der Waals surface area contributed by atoms with Crippen molar-refractivity contribution >= 4 is 23.4 Å². The number of halogens is 1. The van der Waals surface area contributed by atoms with Gasteiger partial charge in [0.05, 0.1) is 31.2 Å². The summed E-state index contributed by atoms with van der Waals surface area (Å²) in [7, 11) is 0. The molecule has 0 radical (unpaired) electrons. The van der Waals surface area contributed by atoms with E-state index in [1.54, 1.807) is 0 Å². The van der Waals surface area contributed by atoms with E-state index in [9.17, 15) is 0 Å². The first-order valence-electron chi connectivity index (χ1n) is 15.0. The van der Waals surface area contributed by atoms with E-state index < -0.39 is 0 Å². The van der Waals surface area contributed by atoms with Gasteiger partial charge in [-0.3, -0.25) is 0 Å². The van der Waals surface area contributed by atoms with Crippen molar-refractivity contribution in [1.29, 1.82) is 0 Å². The first-order chi connectivity index (χ1) is 20.6. The molecule has 1 heterocycles. The Morgan fingerprint density at radius 1 is 0.714 bits per heavy atom. The smallest absolute Gasteiger partial charge is 0.119 e. The molecule has 0 N–H and O–H groups in total. The minimum absolute atomic E-state index is 0.0460. The largest absolute Gasteiger partial charge is 0.494 e. The molecule has 0 unspecified atom stereocenters. The third kappa shape index (κ3) is 7.79. The summed E-state index contributed by atoms with van der Waals surface area (Å²) >= 11 is 8.81. The Balaban J connectivity index is 1.44. The lowest BCUT2D eigenvalue weighted by atomic mass is 9.89. The van der Waals surface area contributed by atoms with Gasteiger partial charge in [0.15, 0.2) is 0 Å². The van der Waals surface area contributed by atoms with Crippen molar-refractivity contribution < 1.29 is 14.2 Å². The van der Waals surface area contributed by atoms with Gasteiger partial charge in [0, 0.05) is 10.3 Å². The molecule has 3 nitrogen and oxygen atoms in total. The van der Waals surface area contributed by atoms with Crippen LogP contribution in [-0.2, 0) is 29.1 Å². The van der Waals surface area contributed by atoms with Crippen LogP contribution in [-0.4, -0.2) is 24.1 Å². The lowest BCUT2D eigenvalue weighted by molar-refractivity contribution is -0.112. The van der Waals surface area contributed by atoms with Gasteiger partial charge in [0.1, 0.15) is 11.9 Å². The van der Waals surface area contributed by atoms with E-state index in [1.807, 2.05) is 43.0 Å². The van der Waals surface area contributed by atoms with Crippen LogP contribution in [0.4, 0.5) is 0 Å². The third-order valence-corrected chi connectivity index (χ3v) is 10.4. The van der Waals surface area contributed by atoms with Crippen LogP contribution in [0.3, 0.4) is 0 Å². The standard InChI is InChI=1S/C37H41ClO3S/c1-4-34-26(3)35(40-24-28-12-8-6-9-13-28)36(41-25-29-14-10-7-11-15-29)37(42-34)30-18-21-33(38)31(23-30)22-27-16-19-32(20-17-27)39-5-2/h6-21,23,26,34-37H,4-5,22,24-25H2,1-3H3/t26-,34-,35+,36-,37+/m1/s1. The van der Waals surface area contributed by atoms with Crippen molar-refractivity contribution in [3.63, 3.8) is 0 Å². The van der Waals surface area contributed by atoms with Gasteiger partial charge >= 0.3 is 0 Å². The summed E-state index contributed by atoms with van der Waals surface area (Å²) in [5, 5.41) is 1.36. The van der Waals surface area contributed by atoms with Crippen molar-refractivity contribution in [1.82, 2.24) is 0 Å². The summed E-state index contributed by atoms with van der Waals surface area (Å²) in [6, 6.07) is 35.7. The summed E-state index contributed by atoms with van der Waals surface area (Å²) in [5.74, 6) is 1.23. The second-order valence-corrected chi connectivity index (χ2v) is 12.8. The number of hydrogen-bond acceptors (Lipinski definition) is 4. The summed E-state index contributed by atoms with van der Waals surface area (Å²) in [5.41, 5.74) is 5.91. The molecule has 0 aromatic heterocycles. The highest BCUT2D eigenvalue weighted by Gasteiger charge is 2.45. The Morgan fingerprint density at radius 3 is 1.93 bits per heavy atom. The monoisotopic (exact) mass is 600 g/mol. The Kier molecular flexibility index (Phi) is 11.0. The molecule has 5 heteroatoms. The van der Waals surface area contributed by atoms with Crippen molar-refractivity contribution in [3.8, 4) is 5.75 Å². The van der Waals surface area contributed by atoms with Crippen LogP contribution in [0.5, 0.6) is 5.75 Å². The molecule has 5 atom stereocenters. The molecule has 1 fully saturated rings. The highest BCUT2D eigenvalue weighted by atomic mass is 35.5. The van der Waals surface area contributed by atoms with Crippen LogP contribution in [0.15, 0.2) is 103 Å². The van der Waals surface area contributed by atoms with Gasteiger partial charge < -0.3 is 14.2 Å². The summed E-state index contributed by atoms with van der Waals surface area (Å²) in [6.45, 7) is 8.38. The van der Waals surface area contributed by atoms with E-state index in [0.29, 0.717) is 31.0 Å². The first kappa shape index (κ1) is 30.7. The van der Waals surface area contributed by atoms with Crippen LogP contribution in [0.2, 0.25) is 5.02 Å². The second kappa shape index (κ2) is 15.1. The summed E-state index contributed by atoms with van der Waals surface area (Å²) in [6.07, 6.45) is 1.67. The average molecular weight is 601 g/mol. The number of benzene rings is 4. The topological polar surface area (TPSA) is 27.7 Å². The minimum Gasteiger partial charge on any atom is -0.494 e. The molecule has 5 rings (SSSR count). The molecule has 1 aliphatic rings. The highest BCUT2D eigenvalue weighted by molar-refractivity contribution is 8.00. The van der Waals surface area contributed by atoms with Gasteiger partial charge in [0.25, 0.3) is 0 Å². The molecule has 0 spiro atoms. The number of ether oxygens (including phenoxy) is 3. The molecule has 4 aromatic rings. The van der Waals surface area contributed by atoms with Crippen LogP contribution in [0.25, 0.3) is 0 Å². The van der Waals surface area contributed by atoms with E-state index in [-0.39, 0.29) is 17.5 Å².